The second-order valence-electron chi connectivity index (χ2n) is 5.27. The molecule has 2 nitrogen and oxygen atoms in total. The van der Waals surface area contributed by atoms with Gasteiger partial charge in [0.25, 0.3) is 0 Å². The first-order chi connectivity index (χ1) is 8.11. The van der Waals surface area contributed by atoms with Crippen LogP contribution in [-0.4, -0.2) is 4.98 Å². The summed E-state index contributed by atoms with van der Waals surface area (Å²) in [5.74, 6) is 0.617. The molecule has 2 atom stereocenters. The molecule has 0 aliphatic heterocycles. The lowest BCUT2D eigenvalue weighted by Gasteiger charge is -2.39. The van der Waals surface area contributed by atoms with Crippen molar-refractivity contribution in [3.05, 3.63) is 15.6 Å². The topological polar surface area (TPSA) is 38.9 Å². The summed E-state index contributed by atoms with van der Waals surface area (Å²) in [4.78, 5) is 6.17. The minimum Gasteiger partial charge on any atom is -0.319 e. The van der Waals surface area contributed by atoms with E-state index < -0.39 is 0 Å². The van der Waals surface area contributed by atoms with Crippen molar-refractivity contribution in [2.24, 2.45) is 11.7 Å². The van der Waals surface area contributed by atoms with Gasteiger partial charge in [0.1, 0.15) is 5.01 Å². The number of aromatic nitrogens is 1. The van der Waals surface area contributed by atoms with Gasteiger partial charge in [-0.2, -0.15) is 0 Å². The molecule has 1 aliphatic rings. The van der Waals surface area contributed by atoms with Gasteiger partial charge in [0.15, 0.2) is 0 Å². The molecule has 96 valence electrons. The minimum atomic E-state index is -0.143. The zero-order valence-electron chi connectivity index (χ0n) is 11.3. The molecular formula is C14H24N2S. The van der Waals surface area contributed by atoms with E-state index in [1.807, 2.05) is 11.3 Å². The van der Waals surface area contributed by atoms with Crippen LogP contribution in [0.5, 0.6) is 0 Å². The molecule has 0 spiro atoms. The number of thiazole rings is 1. The van der Waals surface area contributed by atoms with Gasteiger partial charge in [-0.25, -0.2) is 4.98 Å². The van der Waals surface area contributed by atoms with Crippen molar-refractivity contribution < 1.29 is 0 Å². The predicted octanol–water partition coefficient (Wildman–Crippen LogP) is 3.77. The van der Waals surface area contributed by atoms with Crippen LogP contribution in [0.3, 0.4) is 0 Å². The number of hydrogen-bond acceptors (Lipinski definition) is 3. The highest BCUT2D eigenvalue weighted by Gasteiger charge is 2.40. The average Bonchev–Trinajstić information content (AvgIpc) is 2.72. The molecule has 2 unspecified atom stereocenters. The highest BCUT2D eigenvalue weighted by atomic mass is 32.1. The Balaban J connectivity index is 2.34. The molecule has 1 heterocycles. The van der Waals surface area contributed by atoms with Crippen LogP contribution in [0.4, 0.5) is 0 Å². The van der Waals surface area contributed by atoms with E-state index in [-0.39, 0.29) is 5.54 Å². The molecule has 1 fully saturated rings. The van der Waals surface area contributed by atoms with E-state index in [0.29, 0.717) is 5.92 Å². The molecule has 0 amide bonds. The van der Waals surface area contributed by atoms with E-state index >= 15 is 0 Å². The number of aryl methyl sites for hydroxylation is 2. The van der Waals surface area contributed by atoms with E-state index in [1.165, 1.54) is 41.3 Å². The lowest BCUT2D eigenvalue weighted by atomic mass is 9.72. The normalized spacial score (nSPS) is 29.5. The maximum Gasteiger partial charge on any atom is 0.113 e. The maximum absolute atomic E-state index is 6.72. The third-order valence-electron chi connectivity index (χ3n) is 4.24. The Bertz CT molecular complexity index is 386. The van der Waals surface area contributed by atoms with E-state index in [9.17, 15) is 0 Å². The first kappa shape index (κ1) is 13.0. The first-order valence-corrected chi connectivity index (χ1v) is 7.69. The predicted molar refractivity (Wildman–Crippen MR) is 74.3 cm³/mol. The zero-order chi connectivity index (χ0) is 12.5. The van der Waals surface area contributed by atoms with Crippen molar-refractivity contribution in [2.75, 3.05) is 0 Å². The molecule has 1 aromatic rings. The van der Waals surface area contributed by atoms with E-state index in [2.05, 4.69) is 20.8 Å². The summed E-state index contributed by atoms with van der Waals surface area (Å²) in [5.41, 5.74) is 7.82. The smallest absolute Gasteiger partial charge is 0.113 e. The van der Waals surface area contributed by atoms with Crippen LogP contribution < -0.4 is 5.73 Å². The van der Waals surface area contributed by atoms with Crippen LogP contribution in [0.1, 0.15) is 61.5 Å². The molecule has 0 saturated heterocycles. The second kappa shape index (κ2) is 5.07. The molecule has 2 N–H and O–H groups in total. The SMILES string of the molecule is CCc1nc(C2(N)CCCCC2CC)sc1C. The Morgan fingerprint density at radius 3 is 2.76 bits per heavy atom. The highest BCUT2D eigenvalue weighted by molar-refractivity contribution is 7.11. The van der Waals surface area contributed by atoms with Crippen LogP contribution in [0, 0.1) is 12.8 Å². The molecule has 3 heteroatoms. The standard InChI is InChI=1S/C14H24N2S/c1-4-11-8-6-7-9-14(11,15)13-16-12(5-2)10(3)17-13/h11H,4-9,15H2,1-3H3. The van der Waals surface area contributed by atoms with Crippen molar-refractivity contribution in [3.63, 3.8) is 0 Å². The molecule has 0 bridgehead atoms. The molecule has 17 heavy (non-hydrogen) atoms. The Kier molecular flexibility index (Phi) is 3.88. The van der Waals surface area contributed by atoms with Crippen LogP contribution >= 0.6 is 11.3 Å². The summed E-state index contributed by atoms with van der Waals surface area (Å²) in [5, 5.41) is 1.19. The molecular weight excluding hydrogens is 228 g/mol. The van der Waals surface area contributed by atoms with Crippen LogP contribution in [0.15, 0.2) is 0 Å². The average molecular weight is 252 g/mol. The largest absolute Gasteiger partial charge is 0.319 e. The minimum absolute atomic E-state index is 0.143. The molecule has 1 aromatic heterocycles. The molecule has 0 radical (unpaired) electrons. The quantitative estimate of drug-likeness (QED) is 0.889. The fraction of sp³-hybridized carbons (Fsp3) is 0.786. The van der Waals surface area contributed by atoms with Crippen molar-refractivity contribution in [1.29, 1.82) is 0 Å². The van der Waals surface area contributed by atoms with Crippen molar-refractivity contribution >= 4 is 11.3 Å². The molecule has 0 aromatic carbocycles. The summed E-state index contributed by atoms with van der Waals surface area (Å²) >= 11 is 1.83. The molecule has 1 saturated carbocycles. The van der Waals surface area contributed by atoms with Gasteiger partial charge in [-0.1, -0.05) is 33.1 Å². The summed E-state index contributed by atoms with van der Waals surface area (Å²) in [6.07, 6.45) is 7.18. The lowest BCUT2D eigenvalue weighted by molar-refractivity contribution is 0.183. The van der Waals surface area contributed by atoms with Crippen LogP contribution in [-0.2, 0) is 12.0 Å². The fourth-order valence-corrected chi connectivity index (χ4v) is 4.29. The van der Waals surface area contributed by atoms with Crippen LogP contribution in [0.2, 0.25) is 0 Å². The van der Waals surface area contributed by atoms with Crippen molar-refractivity contribution in [2.45, 2.75) is 64.8 Å². The van der Waals surface area contributed by atoms with Gasteiger partial charge in [0.2, 0.25) is 0 Å². The van der Waals surface area contributed by atoms with E-state index in [1.54, 1.807) is 0 Å². The number of nitrogens with two attached hydrogens (primary N) is 1. The maximum atomic E-state index is 6.72. The zero-order valence-corrected chi connectivity index (χ0v) is 12.1. The Hall–Kier alpha value is -0.410. The monoisotopic (exact) mass is 252 g/mol. The highest BCUT2D eigenvalue weighted by Crippen LogP contribution is 2.43. The summed E-state index contributed by atoms with van der Waals surface area (Å²) in [6, 6.07) is 0. The van der Waals surface area contributed by atoms with Gasteiger partial charge in [0.05, 0.1) is 11.2 Å². The van der Waals surface area contributed by atoms with Gasteiger partial charge in [-0.05, 0) is 32.1 Å². The fourth-order valence-electron chi connectivity index (χ4n) is 3.07. The third kappa shape index (κ3) is 2.27. The Labute approximate surface area is 109 Å². The first-order valence-electron chi connectivity index (χ1n) is 6.87. The molecule has 1 aliphatic carbocycles. The summed E-state index contributed by atoms with van der Waals surface area (Å²) in [7, 11) is 0. The van der Waals surface area contributed by atoms with Gasteiger partial charge in [-0.15, -0.1) is 11.3 Å². The second-order valence-corrected chi connectivity index (χ2v) is 6.47. The van der Waals surface area contributed by atoms with Crippen LogP contribution in [0.25, 0.3) is 0 Å². The van der Waals surface area contributed by atoms with Crippen molar-refractivity contribution in [3.8, 4) is 0 Å². The van der Waals surface area contributed by atoms with Gasteiger partial charge in [0, 0.05) is 4.88 Å². The Morgan fingerprint density at radius 2 is 2.18 bits per heavy atom. The Morgan fingerprint density at radius 1 is 1.41 bits per heavy atom. The van der Waals surface area contributed by atoms with Gasteiger partial charge in [-0.3, -0.25) is 0 Å². The summed E-state index contributed by atoms with van der Waals surface area (Å²) < 4.78 is 0. The number of nitrogens with zero attached hydrogens (tertiary/aromatic N) is 1. The van der Waals surface area contributed by atoms with Gasteiger partial charge < -0.3 is 5.73 Å². The number of rotatable bonds is 3. The van der Waals surface area contributed by atoms with E-state index in [0.717, 1.165) is 12.8 Å². The van der Waals surface area contributed by atoms with Gasteiger partial charge >= 0.3 is 0 Å². The number of hydrogen-bond donors (Lipinski definition) is 1. The van der Waals surface area contributed by atoms with Crippen molar-refractivity contribution in [1.82, 2.24) is 4.98 Å². The van der Waals surface area contributed by atoms with E-state index in [4.69, 9.17) is 10.7 Å². The molecule has 2 rings (SSSR count). The summed E-state index contributed by atoms with van der Waals surface area (Å²) in [6.45, 7) is 6.61. The lowest BCUT2D eigenvalue weighted by Crippen LogP contribution is -2.46. The third-order valence-corrected chi connectivity index (χ3v) is 5.45.